The van der Waals surface area contributed by atoms with Crippen LogP contribution in [0.5, 0.6) is 0 Å². The van der Waals surface area contributed by atoms with Crippen molar-refractivity contribution in [3.63, 3.8) is 0 Å². The van der Waals surface area contributed by atoms with Crippen LogP contribution in [0.25, 0.3) is 0 Å². The Morgan fingerprint density at radius 3 is 2.28 bits per heavy atom. The van der Waals surface area contributed by atoms with Crippen LogP contribution in [0, 0.1) is 12.7 Å². The molecule has 0 aliphatic carbocycles. The molecule has 2 aromatic carbocycles. The second kappa shape index (κ2) is 8.97. The number of aryl methyl sites for hydroxylation is 1. The summed E-state index contributed by atoms with van der Waals surface area (Å²) in [5, 5.41) is 5.67. The van der Waals surface area contributed by atoms with E-state index in [2.05, 4.69) is 10.6 Å². The zero-order chi connectivity index (χ0) is 18.2. The standard InChI is InChI=1S/C20H23FN2O2/c1-14-3-7-17(8-4-14)19(23-15(2)24)13-20(25)22-12-11-16-5-9-18(21)10-6-16/h3-10,19H,11-13H2,1-2H3,(H,22,25)(H,23,24). The van der Waals surface area contributed by atoms with Gasteiger partial charge >= 0.3 is 0 Å². The first-order chi connectivity index (χ1) is 11.9. The van der Waals surface area contributed by atoms with Crippen molar-refractivity contribution in [2.45, 2.75) is 32.7 Å². The Kier molecular flexibility index (Phi) is 6.69. The number of benzene rings is 2. The second-order valence-corrected chi connectivity index (χ2v) is 6.09. The van der Waals surface area contributed by atoms with E-state index < -0.39 is 0 Å². The first-order valence-corrected chi connectivity index (χ1v) is 8.29. The van der Waals surface area contributed by atoms with Gasteiger partial charge in [-0.15, -0.1) is 0 Å². The van der Waals surface area contributed by atoms with Crippen LogP contribution in [0.3, 0.4) is 0 Å². The number of halogens is 1. The maximum Gasteiger partial charge on any atom is 0.222 e. The molecule has 0 saturated heterocycles. The van der Waals surface area contributed by atoms with Gasteiger partial charge in [0.25, 0.3) is 0 Å². The highest BCUT2D eigenvalue weighted by Crippen LogP contribution is 2.17. The van der Waals surface area contributed by atoms with Gasteiger partial charge in [-0.25, -0.2) is 4.39 Å². The van der Waals surface area contributed by atoms with Gasteiger partial charge < -0.3 is 10.6 Å². The molecule has 2 aromatic rings. The molecule has 0 radical (unpaired) electrons. The number of hydrogen-bond donors (Lipinski definition) is 2. The van der Waals surface area contributed by atoms with E-state index in [1.54, 1.807) is 12.1 Å². The SMILES string of the molecule is CC(=O)NC(CC(=O)NCCc1ccc(F)cc1)c1ccc(C)cc1. The Hall–Kier alpha value is -2.69. The lowest BCUT2D eigenvalue weighted by Crippen LogP contribution is -2.33. The van der Waals surface area contributed by atoms with E-state index in [4.69, 9.17) is 0 Å². The van der Waals surface area contributed by atoms with Gasteiger partial charge in [-0.1, -0.05) is 42.0 Å². The van der Waals surface area contributed by atoms with E-state index in [9.17, 15) is 14.0 Å². The van der Waals surface area contributed by atoms with Crippen LogP contribution in [0.15, 0.2) is 48.5 Å². The normalized spacial score (nSPS) is 11.6. The molecule has 0 aromatic heterocycles. The third kappa shape index (κ3) is 6.37. The maximum atomic E-state index is 12.9. The molecule has 0 fully saturated rings. The highest BCUT2D eigenvalue weighted by Gasteiger charge is 2.16. The fraction of sp³-hybridized carbons (Fsp3) is 0.300. The van der Waals surface area contributed by atoms with Crippen LogP contribution in [0.1, 0.15) is 36.1 Å². The van der Waals surface area contributed by atoms with Crippen molar-refractivity contribution in [2.24, 2.45) is 0 Å². The Morgan fingerprint density at radius 1 is 1.04 bits per heavy atom. The molecule has 1 atom stereocenters. The predicted molar refractivity (Wildman–Crippen MR) is 95.5 cm³/mol. The molecular weight excluding hydrogens is 319 g/mol. The summed E-state index contributed by atoms with van der Waals surface area (Å²) in [5.74, 6) is -0.588. The van der Waals surface area contributed by atoms with Crippen LogP contribution in [0.2, 0.25) is 0 Å². The number of carbonyl (C=O) groups is 2. The van der Waals surface area contributed by atoms with Crippen molar-refractivity contribution in [3.05, 3.63) is 71.0 Å². The molecule has 132 valence electrons. The highest BCUT2D eigenvalue weighted by atomic mass is 19.1. The van der Waals surface area contributed by atoms with Crippen molar-refractivity contribution in [2.75, 3.05) is 6.54 Å². The minimum Gasteiger partial charge on any atom is -0.356 e. The van der Waals surface area contributed by atoms with Crippen LogP contribution in [0.4, 0.5) is 4.39 Å². The van der Waals surface area contributed by atoms with E-state index in [1.165, 1.54) is 19.1 Å². The lowest BCUT2D eigenvalue weighted by atomic mass is 10.0. The van der Waals surface area contributed by atoms with Gasteiger partial charge in [0.1, 0.15) is 5.82 Å². The zero-order valence-electron chi connectivity index (χ0n) is 14.5. The monoisotopic (exact) mass is 342 g/mol. The summed E-state index contributed by atoms with van der Waals surface area (Å²) >= 11 is 0. The number of rotatable bonds is 7. The Balaban J connectivity index is 1.89. The van der Waals surface area contributed by atoms with Gasteiger partial charge in [0.05, 0.1) is 12.5 Å². The summed E-state index contributed by atoms with van der Waals surface area (Å²) in [6.07, 6.45) is 0.799. The van der Waals surface area contributed by atoms with Gasteiger partial charge in [0.2, 0.25) is 11.8 Å². The molecule has 4 nitrogen and oxygen atoms in total. The lowest BCUT2D eigenvalue weighted by Gasteiger charge is -2.18. The van der Waals surface area contributed by atoms with Crippen LogP contribution in [-0.2, 0) is 16.0 Å². The Morgan fingerprint density at radius 2 is 1.68 bits per heavy atom. The Bertz CT molecular complexity index is 711. The van der Waals surface area contributed by atoms with Crippen molar-refractivity contribution >= 4 is 11.8 Å². The average Bonchev–Trinajstić information content (AvgIpc) is 2.56. The predicted octanol–water partition coefficient (Wildman–Crippen LogP) is 3.06. The summed E-state index contributed by atoms with van der Waals surface area (Å²) in [6.45, 7) is 3.89. The Labute approximate surface area is 147 Å². The minimum atomic E-state index is -0.357. The quantitative estimate of drug-likeness (QED) is 0.812. The van der Waals surface area contributed by atoms with Gasteiger partial charge in [-0.05, 0) is 36.6 Å². The molecule has 5 heteroatoms. The molecule has 2 amide bonds. The number of hydrogen-bond acceptors (Lipinski definition) is 2. The first kappa shape index (κ1) is 18.6. The zero-order valence-corrected chi connectivity index (χ0v) is 14.5. The fourth-order valence-electron chi connectivity index (χ4n) is 2.55. The summed E-state index contributed by atoms with van der Waals surface area (Å²) in [5.41, 5.74) is 2.97. The van der Waals surface area contributed by atoms with Crippen LogP contribution >= 0.6 is 0 Å². The fourth-order valence-corrected chi connectivity index (χ4v) is 2.55. The smallest absolute Gasteiger partial charge is 0.222 e. The molecule has 1 unspecified atom stereocenters. The number of carbonyl (C=O) groups excluding carboxylic acids is 2. The summed E-state index contributed by atoms with van der Waals surface area (Å²) in [6, 6.07) is 13.6. The van der Waals surface area contributed by atoms with Gasteiger partial charge in [-0.3, -0.25) is 9.59 Å². The van der Waals surface area contributed by atoms with Crippen LogP contribution in [-0.4, -0.2) is 18.4 Å². The van der Waals surface area contributed by atoms with Gasteiger partial charge in [0, 0.05) is 13.5 Å². The third-order valence-corrected chi connectivity index (χ3v) is 3.90. The third-order valence-electron chi connectivity index (χ3n) is 3.90. The molecule has 0 saturated carbocycles. The summed E-state index contributed by atoms with van der Waals surface area (Å²) in [7, 11) is 0. The molecule has 0 aliphatic rings. The maximum absolute atomic E-state index is 12.9. The number of amides is 2. The van der Waals surface area contributed by atoms with E-state index >= 15 is 0 Å². The van der Waals surface area contributed by atoms with E-state index in [0.717, 1.165) is 16.7 Å². The molecule has 0 spiro atoms. The largest absolute Gasteiger partial charge is 0.356 e. The van der Waals surface area contributed by atoms with Crippen LogP contribution < -0.4 is 10.6 Å². The number of nitrogens with one attached hydrogen (secondary N) is 2. The molecule has 0 aliphatic heterocycles. The highest BCUT2D eigenvalue weighted by molar-refractivity contribution is 5.79. The van der Waals surface area contributed by atoms with E-state index in [0.29, 0.717) is 13.0 Å². The molecule has 0 heterocycles. The molecule has 0 bridgehead atoms. The van der Waals surface area contributed by atoms with Gasteiger partial charge in [-0.2, -0.15) is 0 Å². The first-order valence-electron chi connectivity index (χ1n) is 8.29. The van der Waals surface area contributed by atoms with Crippen molar-refractivity contribution in [1.29, 1.82) is 0 Å². The molecular formula is C20H23FN2O2. The molecule has 2 N–H and O–H groups in total. The summed E-state index contributed by atoms with van der Waals surface area (Å²) in [4.78, 5) is 23.6. The van der Waals surface area contributed by atoms with Crippen molar-refractivity contribution in [1.82, 2.24) is 10.6 Å². The lowest BCUT2D eigenvalue weighted by molar-refractivity contribution is -0.122. The van der Waals surface area contributed by atoms with Crippen molar-refractivity contribution < 1.29 is 14.0 Å². The van der Waals surface area contributed by atoms with E-state index in [1.807, 2.05) is 31.2 Å². The minimum absolute atomic E-state index is 0.138. The second-order valence-electron chi connectivity index (χ2n) is 6.09. The topological polar surface area (TPSA) is 58.2 Å². The summed E-state index contributed by atoms with van der Waals surface area (Å²) < 4.78 is 12.9. The van der Waals surface area contributed by atoms with Crippen molar-refractivity contribution in [3.8, 4) is 0 Å². The van der Waals surface area contributed by atoms with E-state index in [-0.39, 0.29) is 30.1 Å². The average molecular weight is 342 g/mol. The van der Waals surface area contributed by atoms with Gasteiger partial charge in [0.15, 0.2) is 0 Å². The molecule has 25 heavy (non-hydrogen) atoms. The molecule has 2 rings (SSSR count).